The average Bonchev–Trinajstić information content (AvgIpc) is 2.49. The van der Waals surface area contributed by atoms with Gasteiger partial charge in [-0.15, -0.1) is 0 Å². The molecule has 0 N–H and O–H groups in total. The molecule has 0 aliphatic rings. The van der Waals surface area contributed by atoms with E-state index in [0.717, 1.165) is 0 Å². The van der Waals surface area contributed by atoms with E-state index >= 15 is 0 Å². The highest BCUT2D eigenvalue weighted by molar-refractivity contribution is 6.35. The van der Waals surface area contributed by atoms with Crippen molar-refractivity contribution >= 4 is 34.8 Å². The van der Waals surface area contributed by atoms with Gasteiger partial charge in [-0.25, -0.2) is 0 Å². The standard InChI is InChI=1S/C15H12Cl2N2O4/c1-18(2)15(20)11-8-10(4-5-13(11)19(21)22)23-14-6-3-9(16)7-12(14)17/h3-8H,1-2H3. The summed E-state index contributed by atoms with van der Waals surface area (Å²) in [7, 11) is 3.02. The minimum Gasteiger partial charge on any atom is -0.456 e. The highest BCUT2D eigenvalue weighted by atomic mass is 35.5. The molecule has 8 heteroatoms. The topological polar surface area (TPSA) is 72.7 Å². The van der Waals surface area contributed by atoms with Crippen molar-refractivity contribution in [3.05, 3.63) is 62.1 Å². The van der Waals surface area contributed by atoms with E-state index in [1.165, 1.54) is 43.3 Å². The van der Waals surface area contributed by atoms with E-state index in [0.29, 0.717) is 10.8 Å². The number of amides is 1. The summed E-state index contributed by atoms with van der Waals surface area (Å²) in [4.78, 5) is 23.8. The second-order valence-corrected chi connectivity index (χ2v) is 5.66. The lowest BCUT2D eigenvalue weighted by atomic mass is 10.1. The molecule has 0 spiro atoms. The number of rotatable bonds is 4. The molecule has 0 aromatic heterocycles. The molecule has 0 aliphatic carbocycles. The molecule has 0 bridgehead atoms. The third kappa shape index (κ3) is 3.91. The SMILES string of the molecule is CN(C)C(=O)c1cc(Oc2ccc(Cl)cc2Cl)ccc1[N+](=O)[O-]. The molecule has 0 atom stereocenters. The number of hydrogen-bond acceptors (Lipinski definition) is 4. The van der Waals surface area contributed by atoms with Gasteiger partial charge in [0.05, 0.1) is 9.95 Å². The zero-order chi connectivity index (χ0) is 17.1. The lowest BCUT2D eigenvalue weighted by Crippen LogP contribution is -2.22. The highest BCUT2D eigenvalue weighted by Gasteiger charge is 2.22. The number of nitro benzene ring substituents is 1. The maximum atomic E-state index is 12.1. The van der Waals surface area contributed by atoms with Gasteiger partial charge in [-0.2, -0.15) is 0 Å². The summed E-state index contributed by atoms with van der Waals surface area (Å²) < 4.78 is 5.59. The number of carbonyl (C=O) groups excluding carboxylic acids is 1. The van der Waals surface area contributed by atoms with Gasteiger partial charge in [0.2, 0.25) is 0 Å². The van der Waals surface area contributed by atoms with Crippen molar-refractivity contribution in [2.75, 3.05) is 14.1 Å². The van der Waals surface area contributed by atoms with Gasteiger partial charge in [-0.3, -0.25) is 14.9 Å². The lowest BCUT2D eigenvalue weighted by Gasteiger charge is -2.12. The van der Waals surface area contributed by atoms with Crippen LogP contribution in [0.5, 0.6) is 11.5 Å². The Balaban J connectivity index is 2.42. The lowest BCUT2D eigenvalue weighted by molar-refractivity contribution is -0.385. The van der Waals surface area contributed by atoms with E-state index in [4.69, 9.17) is 27.9 Å². The van der Waals surface area contributed by atoms with E-state index in [9.17, 15) is 14.9 Å². The van der Waals surface area contributed by atoms with Gasteiger partial charge in [-0.1, -0.05) is 23.2 Å². The first-order valence-electron chi connectivity index (χ1n) is 6.42. The van der Waals surface area contributed by atoms with Gasteiger partial charge in [0, 0.05) is 31.3 Å². The van der Waals surface area contributed by atoms with Gasteiger partial charge < -0.3 is 9.64 Å². The van der Waals surface area contributed by atoms with E-state index in [1.54, 1.807) is 12.1 Å². The Hall–Kier alpha value is -2.31. The van der Waals surface area contributed by atoms with E-state index in [-0.39, 0.29) is 22.0 Å². The fourth-order valence-corrected chi connectivity index (χ4v) is 2.28. The molecule has 2 aromatic carbocycles. The summed E-state index contributed by atoms with van der Waals surface area (Å²) in [6.45, 7) is 0. The van der Waals surface area contributed by atoms with Gasteiger partial charge in [0.15, 0.2) is 0 Å². The van der Waals surface area contributed by atoms with Crippen LogP contribution in [-0.2, 0) is 0 Å². The molecule has 120 valence electrons. The minimum atomic E-state index is -0.615. The van der Waals surface area contributed by atoms with Crippen LogP contribution in [0.3, 0.4) is 0 Å². The molecular formula is C15H12Cl2N2O4. The molecular weight excluding hydrogens is 343 g/mol. The molecule has 0 fully saturated rings. The zero-order valence-corrected chi connectivity index (χ0v) is 13.8. The Morgan fingerprint density at radius 3 is 2.43 bits per heavy atom. The van der Waals surface area contributed by atoms with Crippen LogP contribution in [0.2, 0.25) is 10.0 Å². The fourth-order valence-electron chi connectivity index (χ4n) is 1.83. The Morgan fingerprint density at radius 2 is 1.87 bits per heavy atom. The summed E-state index contributed by atoms with van der Waals surface area (Å²) in [6, 6.07) is 8.60. The number of hydrogen-bond donors (Lipinski definition) is 0. The maximum Gasteiger partial charge on any atom is 0.282 e. The molecule has 0 unspecified atom stereocenters. The molecule has 0 aliphatic heterocycles. The quantitative estimate of drug-likeness (QED) is 0.602. The van der Waals surface area contributed by atoms with Crippen LogP contribution in [0.15, 0.2) is 36.4 Å². The second kappa shape index (κ2) is 6.85. The van der Waals surface area contributed by atoms with Crippen LogP contribution in [-0.4, -0.2) is 29.8 Å². The van der Waals surface area contributed by atoms with Gasteiger partial charge >= 0.3 is 0 Å². The number of benzene rings is 2. The summed E-state index contributed by atoms with van der Waals surface area (Å²) in [6.07, 6.45) is 0. The van der Waals surface area contributed by atoms with Crippen molar-refractivity contribution in [1.29, 1.82) is 0 Å². The smallest absolute Gasteiger partial charge is 0.282 e. The number of carbonyl (C=O) groups is 1. The van der Waals surface area contributed by atoms with Crippen molar-refractivity contribution in [1.82, 2.24) is 4.90 Å². The molecule has 0 heterocycles. The van der Waals surface area contributed by atoms with Crippen LogP contribution in [0.4, 0.5) is 5.69 Å². The van der Waals surface area contributed by atoms with Crippen LogP contribution < -0.4 is 4.74 Å². The molecule has 23 heavy (non-hydrogen) atoms. The van der Waals surface area contributed by atoms with Gasteiger partial charge in [-0.05, 0) is 24.3 Å². The van der Waals surface area contributed by atoms with Crippen molar-refractivity contribution in [3.63, 3.8) is 0 Å². The molecule has 2 rings (SSSR count). The van der Waals surface area contributed by atoms with E-state index < -0.39 is 10.8 Å². The zero-order valence-electron chi connectivity index (χ0n) is 12.2. The van der Waals surface area contributed by atoms with Crippen LogP contribution in [0.25, 0.3) is 0 Å². The van der Waals surface area contributed by atoms with Crippen molar-refractivity contribution in [3.8, 4) is 11.5 Å². The number of nitro groups is 1. The Bertz CT molecular complexity index is 778. The molecule has 0 radical (unpaired) electrons. The summed E-state index contributed by atoms with van der Waals surface area (Å²) in [5.74, 6) is 0.0857. The molecule has 1 amide bonds. The highest BCUT2D eigenvalue weighted by Crippen LogP contribution is 2.33. The third-order valence-electron chi connectivity index (χ3n) is 2.92. The normalized spacial score (nSPS) is 10.3. The predicted octanol–water partition coefficient (Wildman–Crippen LogP) is 4.40. The fraction of sp³-hybridized carbons (Fsp3) is 0.133. The Morgan fingerprint density at radius 1 is 1.17 bits per heavy atom. The summed E-state index contributed by atoms with van der Waals surface area (Å²) in [5.41, 5.74) is -0.360. The maximum absolute atomic E-state index is 12.1. The Labute approximate surface area is 142 Å². The molecule has 2 aromatic rings. The number of ether oxygens (including phenoxy) is 1. The first-order valence-corrected chi connectivity index (χ1v) is 7.18. The average molecular weight is 355 g/mol. The monoisotopic (exact) mass is 354 g/mol. The van der Waals surface area contributed by atoms with Gasteiger partial charge in [0.1, 0.15) is 17.1 Å². The largest absolute Gasteiger partial charge is 0.456 e. The molecule has 0 saturated heterocycles. The number of halogens is 2. The Kier molecular flexibility index (Phi) is 5.08. The van der Waals surface area contributed by atoms with Gasteiger partial charge in [0.25, 0.3) is 11.6 Å². The summed E-state index contributed by atoms with van der Waals surface area (Å²) >= 11 is 11.8. The first kappa shape index (κ1) is 17.1. The molecule has 0 saturated carbocycles. The van der Waals surface area contributed by atoms with Crippen LogP contribution in [0, 0.1) is 10.1 Å². The van der Waals surface area contributed by atoms with E-state index in [2.05, 4.69) is 0 Å². The third-order valence-corrected chi connectivity index (χ3v) is 3.45. The van der Waals surface area contributed by atoms with Crippen molar-refractivity contribution in [2.24, 2.45) is 0 Å². The first-order chi connectivity index (χ1) is 10.8. The van der Waals surface area contributed by atoms with E-state index in [1.807, 2.05) is 0 Å². The summed E-state index contributed by atoms with van der Waals surface area (Å²) in [5, 5.41) is 11.8. The van der Waals surface area contributed by atoms with Crippen molar-refractivity contribution < 1.29 is 14.5 Å². The van der Waals surface area contributed by atoms with Crippen molar-refractivity contribution in [2.45, 2.75) is 0 Å². The minimum absolute atomic E-state index is 0.0671. The second-order valence-electron chi connectivity index (χ2n) is 4.81. The van der Waals surface area contributed by atoms with Crippen LogP contribution in [0.1, 0.15) is 10.4 Å². The number of nitrogens with zero attached hydrogens (tertiary/aromatic N) is 2. The predicted molar refractivity (Wildman–Crippen MR) is 87.6 cm³/mol. The molecule has 6 nitrogen and oxygen atoms in total. The van der Waals surface area contributed by atoms with Crippen LogP contribution >= 0.6 is 23.2 Å².